The van der Waals surface area contributed by atoms with E-state index < -0.39 is 24.9 Å². The molecule has 4 N–H and O–H groups in total. The number of hydrogen-bond acceptors (Lipinski definition) is 6. The molecule has 0 aliphatic carbocycles. The van der Waals surface area contributed by atoms with Crippen LogP contribution in [0.5, 0.6) is 0 Å². The lowest BCUT2D eigenvalue weighted by Crippen LogP contribution is -2.41. The van der Waals surface area contributed by atoms with E-state index in [2.05, 4.69) is 6.58 Å². The smallest absolute Gasteiger partial charge is 0.193 e. The summed E-state index contributed by atoms with van der Waals surface area (Å²) in [7, 11) is 0. The van der Waals surface area contributed by atoms with Crippen LogP contribution in [0.25, 0.3) is 0 Å². The first kappa shape index (κ1) is 14.1. The van der Waals surface area contributed by atoms with Gasteiger partial charge < -0.3 is 25.2 Å². The molecule has 88 valence electrons. The van der Waals surface area contributed by atoms with Crippen molar-refractivity contribution in [3.8, 4) is 0 Å². The number of hydrogen-bond donors (Lipinski definition) is 4. The summed E-state index contributed by atoms with van der Waals surface area (Å²) in [5.74, 6) is -0.529. The fourth-order valence-electron chi connectivity index (χ4n) is 0.751. The molecular weight excluding hydrogens is 204 g/mol. The van der Waals surface area contributed by atoms with Gasteiger partial charge in [0, 0.05) is 6.92 Å². The second kappa shape index (κ2) is 6.52. The fourth-order valence-corrected chi connectivity index (χ4v) is 0.751. The summed E-state index contributed by atoms with van der Waals surface area (Å²) in [5.41, 5.74) is 0. The predicted octanol–water partition coefficient (Wildman–Crippen LogP) is -1.82. The van der Waals surface area contributed by atoms with Gasteiger partial charge in [0.2, 0.25) is 0 Å². The van der Waals surface area contributed by atoms with Crippen LogP contribution in [0.3, 0.4) is 0 Å². The third-order valence-corrected chi connectivity index (χ3v) is 1.80. The zero-order valence-corrected chi connectivity index (χ0v) is 8.46. The van der Waals surface area contributed by atoms with Crippen LogP contribution in [0.4, 0.5) is 0 Å². The van der Waals surface area contributed by atoms with E-state index in [9.17, 15) is 15.0 Å². The Morgan fingerprint density at radius 3 is 2.27 bits per heavy atom. The van der Waals surface area contributed by atoms with E-state index in [1.165, 1.54) is 6.92 Å². The maximum atomic E-state index is 10.7. The van der Waals surface area contributed by atoms with E-state index in [-0.39, 0.29) is 18.1 Å². The number of aliphatic hydroxyl groups is 4. The van der Waals surface area contributed by atoms with Crippen LogP contribution < -0.4 is 0 Å². The number of ether oxygens (including phenoxy) is 1. The van der Waals surface area contributed by atoms with Gasteiger partial charge in [-0.3, -0.25) is 4.79 Å². The number of aliphatic hydroxyl groups excluding tert-OH is 4. The van der Waals surface area contributed by atoms with Gasteiger partial charge >= 0.3 is 0 Å². The van der Waals surface area contributed by atoms with Crippen molar-refractivity contribution >= 4 is 5.78 Å². The number of Topliss-reactive ketones (excluding diaryl/α,β-unsaturated/α-hetero) is 1. The van der Waals surface area contributed by atoms with Crippen LogP contribution in [-0.4, -0.2) is 57.7 Å². The van der Waals surface area contributed by atoms with Gasteiger partial charge in [-0.1, -0.05) is 6.58 Å². The molecule has 0 saturated heterocycles. The van der Waals surface area contributed by atoms with Crippen molar-refractivity contribution in [3.05, 3.63) is 12.3 Å². The second-order valence-electron chi connectivity index (χ2n) is 3.10. The molecule has 0 fully saturated rings. The van der Waals surface area contributed by atoms with Crippen molar-refractivity contribution in [2.75, 3.05) is 13.2 Å². The van der Waals surface area contributed by atoms with E-state index in [0.29, 0.717) is 0 Å². The number of ketones is 1. The number of allylic oxidation sites excluding steroid dienone is 1. The molecule has 6 nitrogen and oxygen atoms in total. The molecule has 6 heteroatoms. The van der Waals surface area contributed by atoms with E-state index >= 15 is 0 Å². The van der Waals surface area contributed by atoms with Gasteiger partial charge in [0.05, 0.1) is 6.61 Å². The Kier molecular flexibility index (Phi) is 6.11. The highest BCUT2D eigenvalue weighted by molar-refractivity contribution is 5.90. The number of carbonyl (C=O) groups excluding carboxylic acids is 1. The Labute approximate surface area is 87.4 Å². The van der Waals surface area contributed by atoms with Crippen molar-refractivity contribution in [3.63, 3.8) is 0 Å². The van der Waals surface area contributed by atoms with E-state index in [4.69, 9.17) is 14.9 Å². The highest BCUT2D eigenvalue weighted by Crippen LogP contribution is 2.03. The SMILES string of the molecule is C=C(OCC(O)C(O)C(O)CO)C(C)=O. The Balaban J connectivity index is 3.98. The minimum Gasteiger partial charge on any atom is -0.488 e. The van der Waals surface area contributed by atoms with Crippen molar-refractivity contribution < 1.29 is 30.0 Å². The molecule has 0 radical (unpaired) electrons. The normalized spacial score (nSPS) is 16.6. The third kappa shape index (κ3) is 4.89. The molecule has 0 amide bonds. The van der Waals surface area contributed by atoms with Gasteiger partial charge in [0.25, 0.3) is 0 Å². The average Bonchev–Trinajstić information content (AvgIpc) is 2.22. The van der Waals surface area contributed by atoms with Crippen LogP contribution in [0.2, 0.25) is 0 Å². The lowest BCUT2D eigenvalue weighted by Gasteiger charge is -2.21. The molecule has 0 bridgehead atoms. The zero-order valence-electron chi connectivity index (χ0n) is 8.46. The highest BCUT2D eigenvalue weighted by atomic mass is 16.5. The van der Waals surface area contributed by atoms with Crippen LogP contribution in [-0.2, 0) is 9.53 Å². The molecule has 0 aromatic rings. The molecule has 0 aliphatic heterocycles. The van der Waals surface area contributed by atoms with Gasteiger partial charge in [-0.25, -0.2) is 0 Å². The Morgan fingerprint density at radius 2 is 1.87 bits per heavy atom. The Hall–Kier alpha value is -0.950. The van der Waals surface area contributed by atoms with Gasteiger partial charge in [0.1, 0.15) is 24.9 Å². The highest BCUT2D eigenvalue weighted by Gasteiger charge is 2.24. The zero-order chi connectivity index (χ0) is 12.0. The van der Waals surface area contributed by atoms with Gasteiger partial charge in [-0.15, -0.1) is 0 Å². The third-order valence-electron chi connectivity index (χ3n) is 1.80. The summed E-state index contributed by atoms with van der Waals surface area (Å²) in [6.07, 6.45) is -4.38. The molecular formula is C9H16O6. The first-order valence-corrected chi connectivity index (χ1v) is 4.37. The van der Waals surface area contributed by atoms with E-state index in [0.717, 1.165) is 0 Å². The Morgan fingerprint density at radius 1 is 1.33 bits per heavy atom. The first-order chi connectivity index (χ1) is 6.90. The Bertz CT molecular complexity index is 227. The molecule has 0 spiro atoms. The largest absolute Gasteiger partial charge is 0.488 e. The molecule has 3 atom stereocenters. The summed E-state index contributed by atoms with van der Waals surface area (Å²) < 4.78 is 4.73. The average molecular weight is 220 g/mol. The van der Waals surface area contributed by atoms with Crippen molar-refractivity contribution in [1.82, 2.24) is 0 Å². The number of carbonyl (C=O) groups is 1. The minimum absolute atomic E-state index is 0.139. The molecule has 3 unspecified atom stereocenters. The molecule has 0 heterocycles. The maximum absolute atomic E-state index is 10.7. The van der Waals surface area contributed by atoms with Crippen molar-refractivity contribution in [2.24, 2.45) is 0 Å². The maximum Gasteiger partial charge on any atom is 0.193 e. The lowest BCUT2D eigenvalue weighted by atomic mass is 10.1. The summed E-state index contributed by atoms with van der Waals surface area (Å²) >= 11 is 0. The van der Waals surface area contributed by atoms with Crippen LogP contribution in [0, 0.1) is 0 Å². The van der Waals surface area contributed by atoms with Crippen molar-refractivity contribution in [1.29, 1.82) is 0 Å². The van der Waals surface area contributed by atoms with Gasteiger partial charge in [-0.2, -0.15) is 0 Å². The van der Waals surface area contributed by atoms with Crippen LogP contribution >= 0.6 is 0 Å². The van der Waals surface area contributed by atoms with Crippen LogP contribution in [0.1, 0.15) is 6.92 Å². The molecule has 15 heavy (non-hydrogen) atoms. The molecule has 0 aromatic carbocycles. The van der Waals surface area contributed by atoms with E-state index in [1.54, 1.807) is 0 Å². The quantitative estimate of drug-likeness (QED) is 0.297. The van der Waals surface area contributed by atoms with Gasteiger partial charge in [-0.05, 0) is 0 Å². The predicted molar refractivity (Wildman–Crippen MR) is 50.9 cm³/mol. The summed E-state index contributed by atoms with van der Waals surface area (Å²) in [6.45, 7) is 3.46. The summed E-state index contributed by atoms with van der Waals surface area (Å²) in [6, 6.07) is 0. The topological polar surface area (TPSA) is 107 Å². The monoisotopic (exact) mass is 220 g/mol. The lowest BCUT2D eigenvalue weighted by molar-refractivity contribution is -0.120. The van der Waals surface area contributed by atoms with Crippen LogP contribution in [0.15, 0.2) is 12.3 Å². The molecule has 0 saturated carbocycles. The molecule has 0 aromatic heterocycles. The number of rotatable bonds is 7. The molecule has 0 rings (SSSR count). The summed E-state index contributed by atoms with van der Waals surface area (Å²) in [4.78, 5) is 10.7. The molecule has 0 aliphatic rings. The van der Waals surface area contributed by atoms with E-state index in [1.807, 2.05) is 0 Å². The first-order valence-electron chi connectivity index (χ1n) is 4.37. The standard InChI is InChI=1S/C9H16O6/c1-5(11)6(2)15-4-8(13)9(14)7(12)3-10/h7-10,12-14H,2-4H2,1H3. The van der Waals surface area contributed by atoms with Gasteiger partial charge in [0.15, 0.2) is 11.5 Å². The van der Waals surface area contributed by atoms with Crippen molar-refractivity contribution in [2.45, 2.75) is 25.2 Å². The second-order valence-corrected chi connectivity index (χ2v) is 3.10. The minimum atomic E-state index is -1.53. The summed E-state index contributed by atoms with van der Waals surface area (Å²) in [5, 5.41) is 35.9. The fraction of sp³-hybridized carbons (Fsp3) is 0.667.